The van der Waals surface area contributed by atoms with E-state index < -0.39 is 0 Å². The second-order valence-electron chi connectivity index (χ2n) is 5.54. The van der Waals surface area contributed by atoms with Crippen LogP contribution < -0.4 is 0 Å². The molecule has 0 saturated carbocycles. The predicted molar refractivity (Wildman–Crippen MR) is 71.9 cm³/mol. The van der Waals surface area contributed by atoms with Crippen LogP contribution in [0.5, 0.6) is 0 Å². The monoisotopic (exact) mass is 271 g/mol. The molecule has 2 aliphatic heterocycles. The molecule has 0 unspecified atom stereocenters. The van der Waals surface area contributed by atoms with Gasteiger partial charge in [0.05, 0.1) is 19.3 Å². The van der Waals surface area contributed by atoms with E-state index in [0.29, 0.717) is 6.54 Å². The molecule has 0 aromatic carbocycles. The van der Waals surface area contributed by atoms with Crippen LogP contribution >= 0.6 is 0 Å². The molecule has 0 spiro atoms. The average Bonchev–Trinajstić information content (AvgIpc) is 2.81. The molecular weight excluding hydrogens is 246 g/mol. The predicted octanol–water partition coefficient (Wildman–Crippen LogP) is -1.16. The van der Waals surface area contributed by atoms with E-state index in [1.807, 2.05) is 4.90 Å². The summed E-state index contributed by atoms with van der Waals surface area (Å²) in [4.78, 5) is 18.5. The highest BCUT2D eigenvalue weighted by atomic mass is 16.5. The van der Waals surface area contributed by atoms with Crippen LogP contribution in [0.25, 0.3) is 0 Å². The first-order valence-electron chi connectivity index (χ1n) is 6.98. The van der Waals surface area contributed by atoms with Crippen LogP contribution in [0, 0.1) is 0 Å². The summed E-state index contributed by atoms with van der Waals surface area (Å²) in [7, 11) is 3.76. The Kier molecular flexibility index (Phi) is 5.15. The first kappa shape index (κ1) is 14.7. The van der Waals surface area contributed by atoms with Gasteiger partial charge in [0.25, 0.3) is 0 Å². The van der Waals surface area contributed by atoms with Crippen molar-refractivity contribution in [1.82, 2.24) is 14.7 Å². The van der Waals surface area contributed by atoms with Crippen molar-refractivity contribution in [3.05, 3.63) is 0 Å². The number of rotatable bonds is 4. The minimum Gasteiger partial charge on any atom is -0.395 e. The number of aliphatic hydroxyl groups excluding tert-OH is 1. The van der Waals surface area contributed by atoms with Crippen LogP contribution in [-0.2, 0) is 9.53 Å². The van der Waals surface area contributed by atoms with Crippen molar-refractivity contribution in [2.24, 2.45) is 0 Å². The summed E-state index contributed by atoms with van der Waals surface area (Å²) in [5.41, 5.74) is 0. The molecule has 110 valence electrons. The molecule has 2 atom stereocenters. The zero-order valence-electron chi connectivity index (χ0n) is 11.9. The standard InChI is InChI=1S/C13H25N3O3/c1-14-3-5-15(6-4-14)13(18)9-16-8-12(19-2)7-11(16)10-17/h11-12,17H,3-10H2,1-2H3/t11-,12+/m0/s1. The van der Waals surface area contributed by atoms with Crippen molar-refractivity contribution in [3.8, 4) is 0 Å². The van der Waals surface area contributed by atoms with Crippen LogP contribution in [-0.4, -0.2) is 97.9 Å². The first-order chi connectivity index (χ1) is 9.13. The third-order valence-electron chi connectivity index (χ3n) is 4.23. The molecule has 2 fully saturated rings. The van der Waals surface area contributed by atoms with Crippen LogP contribution in [0.15, 0.2) is 0 Å². The second kappa shape index (κ2) is 6.65. The Balaban J connectivity index is 1.84. The maximum atomic E-state index is 12.3. The number of aliphatic hydroxyl groups is 1. The number of ether oxygens (including phenoxy) is 1. The van der Waals surface area contributed by atoms with E-state index in [-0.39, 0.29) is 24.7 Å². The van der Waals surface area contributed by atoms with Gasteiger partial charge in [-0.2, -0.15) is 0 Å². The summed E-state index contributed by atoms with van der Waals surface area (Å²) in [6, 6.07) is 0.0568. The quantitative estimate of drug-likeness (QED) is 0.699. The van der Waals surface area contributed by atoms with Gasteiger partial charge in [0.1, 0.15) is 0 Å². The van der Waals surface area contributed by atoms with Gasteiger partial charge in [-0.05, 0) is 13.5 Å². The van der Waals surface area contributed by atoms with E-state index in [2.05, 4.69) is 16.8 Å². The molecule has 1 N–H and O–H groups in total. The number of piperazine rings is 1. The Morgan fingerprint density at radius 3 is 2.58 bits per heavy atom. The third kappa shape index (κ3) is 3.66. The minimum atomic E-state index is 0.0568. The van der Waals surface area contributed by atoms with Gasteiger partial charge in [-0.25, -0.2) is 0 Å². The molecule has 1 amide bonds. The third-order valence-corrected chi connectivity index (χ3v) is 4.23. The van der Waals surface area contributed by atoms with Crippen molar-refractivity contribution in [3.63, 3.8) is 0 Å². The van der Waals surface area contributed by atoms with Crippen molar-refractivity contribution in [2.75, 3.05) is 60.0 Å². The maximum Gasteiger partial charge on any atom is 0.236 e. The van der Waals surface area contributed by atoms with Gasteiger partial charge < -0.3 is 19.6 Å². The molecule has 0 radical (unpaired) electrons. The van der Waals surface area contributed by atoms with E-state index in [0.717, 1.165) is 39.1 Å². The van der Waals surface area contributed by atoms with Crippen molar-refractivity contribution in [2.45, 2.75) is 18.6 Å². The Morgan fingerprint density at radius 2 is 2.00 bits per heavy atom. The summed E-state index contributed by atoms with van der Waals surface area (Å²) in [5.74, 6) is 0.170. The summed E-state index contributed by atoms with van der Waals surface area (Å²) in [6.07, 6.45) is 0.945. The topological polar surface area (TPSA) is 56.3 Å². The fourth-order valence-corrected chi connectivity index (χ4v) is 2.82. The zero-order valence-corrected chi connectivity index (χ0v) is 11.9. The number of methoxy groups -OCH3 is 1. The number of carbonyl (C=O) groups is 1. The lowest BCUT2D eigenvalue weighted by Crippen LogP contribution is -2.50. The SMILES string of the molecule is CO[C@@H]1C[C@@H](CO)N(CC(=O)N2CCN(C)CC2)C1. The molecule has 0 bridgehead atoms. The van der Waals surface area contributed by atoms with Gasteiger partial charge in [-0.3, -0.25) is 9.69 Å². The molecule has 2 rings (SSSR count). The lowest BCUT2D eigenvalue weighted by atomic mass is 10.2. The van der Waals surface area contributed by atoms with Gasteiger partial charge in [0.15, 0.2) is 0 Å². The summed E-state index contributed by atoms with van der Waals surface area (Å²) >= 11 is 0. The van der Waals surface area contributed by atoms with E-state index >= 15 is 0 Å². The molecule has 0 aromatic rings. The molecule has 2 saturated heterocycles. The Morgan fingerprint density at radius 1 is 1.32 bits per heavy atom. The van der Waals surface area contributed by atoms with E-state index in [4.69, 9.17) is 4.74 Å². The highest BCUT2D eigenvalue weighted by Gasteiger charge is 2.33. The minimum absolute atomic E-state index is 0.0568. The van der Waals surface area contributed by atoms with Crippen LogP contribution in [0.4, 0.5) is 0 Å². The smallest absolute Gasteiger partial charge is 0.236 e. The molecular formula is C13H25N3O3. The number of likely N-dealkylation sites (N-methyl/N-ethyl adjacent to an activating group) is 1. The number of amides is 1. The Hall–Kier alpha value is -0.690. The van der Waals surface area contributed by atoms with Gasteiger partial charge in [0.2, 0.25) is 5.91 Å². The molecule has 2 aliphatic rings. The van der Waals surface area contributed by atoms with E-state index in [1.165, 1.54) is 0 Å². The van der Waals surface area contributed by atoms with Gasteiger partial charge in [0, 0.05) is 45.9 Å². The second-order valence-corrected chi connectivity index (χ2v) is 5.54. The largest absolute Gasteiger partial charge is 0.395 e. The highest BCUT2D eigenvalue weighted by Crippen LogP contribution is 2.19. The normalized spacial score (nSPS) is 29.9. The lowest BCUT2D eigenvalue weighted by molar-refractivity contribution is -0.134. The Bertz CT molecular complexity index is 306. The Labute approximate surface area is 114 Å². The van der Waals surface area contributed by atoms with Crippen molar-refractivity contribution >= 4 is 5.91 Å². The number of hydrogen-bond acceptors (Lipinski definition) is 5. The average molecular weight is 271 g/mol. The summed E-state index contributed by atoms with van der Waals surface area (Å²) in [5, 5.41) is 9.38. The summed E-state index contributed by atoms with van der Waals surface area (Å²) in [6.45, 7) is 4.72. The molecule has 19 heavy (non-hydrogen) atoms. The molecule has 0 aromatic heterocycles. The van der Waals surface area contributed by atoms with Gasteiger partial charge >= 0.3 is 0 Å². The number of hydrogen-bond donors (Lipinski definition) is 1. The van der Waals surface area contributed by atoms with Crippen LogP contribution in [0.2, 0.25) is 0 Å². The zero-order chi connectivity index (χ0) is 13.8. The van der Waals surface area contributed by atoms with E-state index in [1.54, 1.807) is 7.11 Å². The number of likely N-dealkylation sites (tertiary alicyclic amines) is 1. The molecule has 2 heterocycles. The molecule has 0 aliphatic carbocycles. The van der Waals surface area contributed by atoms with Gasteiger partial charge in [-0.15, -0.1) is 0 Å². The highest BCUT2D eigenvalue weighted by molar-refractivity contribution is 5.78. The summed E-state index contributed by atoms with van der Waals surface area (Å²) < 4.78 is 5.33. The fraction of sp³-hybridized carbons (Fsp3) is 0.923. The van der Waals surface area contributed by atoms with Crippen molar-refractivity contribution in [1.29, 1.82) is 0 Å². The number of carbonyl (C=O) groups excluding carboxylic acids is 1. The maximum absolute atomic E-state index is 12.3. The van der Waals surface area contributed by atoms with Crippen LogP contribution in [0.1, 0.15) is 6.42 Å². The van der Waals surface area contributed by atoms with Crippen LogP contribution in [0.3, 0.4) is 0 Å². The molecule has 6 heteroatoms. The lowest BCUT2D eigenvalue weighted by Gasteiger charge is -2.34. The molecule has 6 nitrogen and oxygen atoms in total. The first-order valence-corrected chi connectivity index (χ1v) is 6.98. The van der Waals surface area contributed by atoms with E-state index in [9.17, 15) is 9.90 Å². The fourth-order valence-electron chi connectivity index (χ4n) is 2.82. The number of nitrogens with zero attached hydrogens (tertiary/aromatic N) is 3. The van der Waals surface area contributed by atoms with Gasteiger partial charge in [-0.1, -0.05) is 0 Å². The van der Waals surface area contributed by atoms with Crippen molar-refractivity contribution < 1.29 is 14.6 Å².